The van der Waals surface area contributed by atoms with Crippen molar-refractivity contribution in [3.8, 4) is 0 Å². The van der Waals surface area contributed by atoms with Crippen molar-refractivity contribution in [2.24, 2.45) is 0 Å². The van der Waals surface area contributed by atoms with Crippen molar-refractivity contribution >= 4 is 28.7 Å². The van der Waals surface area contributed by atoms with Crippen LogP contribution in [0.15, 0.2) is 24.3 Å². The zero-order valence-corrected chi connectivity index (χ0v) is 11.0. The molecule has 0 fully saturated rings. The summed E-state index contributed by atoms with van der Waals surface area (Å²) in [5.41, 5.74) is 9.29. The molecule has 0 amide bonds. The number of hydrogen-bond acceptors (Lipinski definition) is 3. The maximum Gasteiger partial charge on any atom is 0.109 e. The van der Waals surface area contributed by atoms with Gasteiger partial charge in [-0.15, -0.1) is 23.7 Å². The van der Waals surface area contributed by atoms with E-state index in [0.29, 0.717) is 0 Å². The number of nitrogens with zero attached hydrogens (tertiary/aromatic N) is 1. The highest BCUT2D eigenvalue weighted by atomic mass is 35.5. The number of rotatable bonds is 2. The number of aryl methyl sites for hydroxylation is 2. The molecule has 0 aliphatic carbocycles. The van der Waals surface area contributed by atoms with Gasteiger partial charge in [0.2, 0.25) is 0 Å². The second kappa shape index (κ2) is 5.32. The summed E-state index contributed by atoms with van der Waals surface area (Å²) in [6.07, 6.45) is 0.878. The molecule has 2 rings (SSSR count). The fourth-order valence-corrected chi connectivity index (χ4v) is 2.29. The number of aromatic nitrogens is 1. The van der Waals surface area contributed by atoms with Gasteiger partial charge in [-0.1, -0.05) is 29.8 Å². The molecule has 1 aromatic carbocycles. The fourth-order valence-electron chi connectivity index (χ4n) is 1.42. The Labute approximate surface area is 106 Å². The third-order valence-corrected chi connectivity index (χ3v) is 3.34. The number of thiazole rings is 1. The molecule has 0 aliphatic heterocycles. The Morgan fingerprint density at radius 3 is 2.31 bits per heavy atom. The van der Waals surface area contributed by atoms with Crippen molar-refractivity contribution in [1.82, 2.24) is 4.98 Å². The van der Waals surface area contributed by atoms with Gasteiger partial charge in [-0.2, -0.15) is 0 Å². The smallest absolute Gasteiger partial charge is 0.109 e. The number of nitrogen functional groups attached to an aromatic ring is 1. The van der Waals surface area contributed by atoms with E-state index in [1.807, 2.05) is 6.92 Å². The lowest BCUT2D eigenvalue weighted by Crippen LogP contribution is -1.87. The van der Waals surface area contributed by atoms with Gasteiger partial charge in [-0.25, -0.2) is 4.98 Å². The lowest BCUT2D eigenvalue weighted by molar-refractivity contribution is 1.10. The number of hydrogen-bond donors (Lipinski definition) is 1. The third-order valence-electron chi connectivity index (χ3n) is 2.35. The van der Waals surface area contributed by atoms with E-state index in [0.717, 1.165) is 22.1 Å². The molecule has 1 heterocycles. The van der Waals surface area contributed by atoms with Gasteiger partial charge >= 0.3 is 0 Å². The van der Waals surface area contributed by atoms with Gasteiger partial charge in [0.05, 0.1) is 10.7 Å². The molecule has 0 aliphatic rings. The molecule has 1 aromatic heterocycles. The van der Waals surface area contributed by atoms with E-state index in [4.69, 9.17) is 5.73 Å². The molecule has 0 bridgehead atoms. The normalized spacial score (nSPS) is 9.88. The molecule has 0 spiro atoms. The summed E-state index contributed by atoms with van der Waals surface area (Å²) in [6.45, 7) is 4.04. The van der Waals surface area contributed by atoms with Crippen LogP contribution in [-0.2, 0) is 6.42 Å². The molecule has 0 unspecified atom stereocenters. The van der Waals surface area contributed by atoms with Crippen LogP contribution in [0.3, 0.4) is 0 Å². The molecular formula is C12H15ClN2S. The monoisotopic (exact) mass is 254 g/mol. The van der Waals surface area contributed by atoms with Crippen LogP contribution in [-0.4, -0.2) is 4.98 Å². The summed E-state index contributed by atoms with van der Waals surface area (Å²) in [5, 5.41) is 1.92. The van der Waals surface area contributed by atoms with Gasteiger partial charge in [0, 0.05) is 6.42 Å². The number of benzene rings is 1. The molecule has 0 saturated heterocycles. The molecule has 4 heteroatoms. The van der Waals surface area contributed by atoms with Crippen molar-refractivity contribution in [2.75, 3.05) is 5.73 Å². The summed E-state index contributed by atoms with van der Waals surface area (Å²) in [5.74, 6) is 0. The maximum atomic E-state index is 5.77. The van der Waals surface area contributed by atoms with E-state index in [1.54, 1.807) is 11.3 Å². The molecule has 2 nitrogen and oxygen atoms in total. The first kappa shape index (κ1) is 13.0. The molecule has 0 atom stereocenters. The minimum absolute atomic E-state index is 0. The zero-order chi connectivity index (χ0) is 10.8. The van der Waals surface area contributed by atoms with Crippen LogP contribution in [0, 0.1) is 13.8 Å². The molecular weight excluding hydrogens is 240 g/mol. The van der Waals surface area contributed by atoms with E-state index >= 15 is 0 Å². The first-order valence-electron chi connectivity index (χ1n) is 4.92. The van der Waals surface area contributed by atoms with E-state index in [1.165, 1.54) is 11.1 Å². The topological polar surface area (TPSA) is 38.9 Å². The Morgan fingerprint density at radius 2 is 1.81 bits per heavy atom. The minimum Gasteiger partial charge on any atom is -0.389 e. The average molecular weight is 255 g/mol. The molecule has 0 saturated carbocycles. The molecule has 86 valence electrons. The summed E-state index contributed by atoms with van der Waals surface area (Å²) in [4.78, 5) is 4.42. The summed E-state index contributed by atoms with van der Waals surface area (Å²) < 4.78 is 0. The largest absolute Gasteiger partial charge is 0.389 e. The van der Waals surface area contributed by atoms with Crippen LogP contribution in [0.4, 0.5) is 5.00 Å². The fraction of sp³-hybridized carbons (Fsp3) is 0.250. The first-order valence-corrected chi connectivity index (χ1v) is 5.74. The number of halogens is 1. The van der Waals surface area contributed by atoms with E-state index in [-0.39, 0.29) is 12.4 Å². The molecule has 0 radical (unpaired) electrons. The van der Waals surface area contributed by atoms with Gasteiger partial charge < -0.3 is 5.73 Å². The molecule has 2 aromatic rings. The average Bonchev–Trinajstić information content (AvgIpc) is 2.50. The van der Waals surface area contributed by atoms with Gasteiger partial charge in [0.15, 0.2) is 0 Å². The SMILES string of the molecule is Cc1ccc(Cc2nc(C)c(N)s2)cc1.Cl. The predicted molar refractivity (Wildman–Crippen MR) is 72.5 cm³/mol. The van der Waals surface area contributed by atoms with Gasteiger partial charge in [0.25, 0.3) is 0 Å². The number of nitrogens with two attached hydrogens (primary N) is 1. The standard InChI is InChI=1S/C12H14N2S.ClH/c1-8-3-5-10(6-4-8)7-11-14-9(2)12(13)15-11;/h3-6H,7,13H2,1-2H3;1H. The maximum absolute atomic E-state index is 5.77. The summed E-state index contributed by atoms with van der Waals surface area (Å²) >= 11 is 1.58. The van der Waals surface area contributed by atoms with Crippen LogP contribution in [0.25, 0.3) is 0 Å². The van der Waals surface area contributed by atoms with Crippen molar-refractivity contribution in [3.05, 3.63) is 46.1 Å². The van der Waals surface area contributed by atoms with Crippen molar-refractivity contribution in [2.45, 2.75) is 20.3 Å². The van der Waals surface area contributed by atoms with Crippen molar-refractivity contribution < 1.29 is 0 Å². The molecule has 2 N–H and O–H groups in total. The Kier molecular flexibility index (Phi) is 4.33. The van der Waals surface area contributed by atoms with Gasteiger partial charge in [-0.05, 0) is 19.4 Å². The van der Waals surface area contributed by atoms with Crippen LogP contribution in [0.2, 0.25) is 0 Å². The van der Waals surface area contributed by atoms with Crippen molar-refractivity contribution in [1.29, 1.82) is 0 Å². The number of anilines is 1. The highest BCUT2D eigenvalue weighted by Crippen LogP contribution is 2.22. The molecule has 16 heavy (non-hydrogen) atoms. The van der Waals surface area contributed by atoms with E-state index < -0.39 is 0 Å². The second-order valence-electron chi connectivity index (χ2n) is 3.72. The quantitative estimate of drug-likeness (QED) is 0.893. The van der Waals surface area contributed by atoms with E-state index in [2.05, 4.69) is 36.2 Å². The summed E-state index contributed by atoms with van der Waals surface area (Å²) in [6, 6.07) is 8.53. The van der Waals surface area contributed by atoms with E-state index in [9.17, 15) is 0 Å². The lowest BCUT2D eigenvalue weighted by Gasteiger charge is -1.98. The summed E-state index contributed by atoms with van der Waals surface area (Å²) in [7, 11) is 0. The Balaban J connectivity index is 0.00000128. The Hall–Kier alpha value is -1.06. The Bertz CT molecular complexity index is 443. The highest BCUT2D eigenvalue weighted by Gasteiger charge is 2.04. The van der Waals surface area contributed by atoms with Crippen LogP contribution in [0.5, 0.6) is 0 Å². The second-order valence-corrected chi connectivity index (χ2v) is 4.83. The van der Waals surface area contributed by atoms with Crippen LogP contribution >= 0.6 is 23.7 Å². The zero-order valence-electron chi connectivity index (χ0n) is 9.36. The third kappa shape index (κ3) is 2.97. The first-order chi connectivity index (χ1) is 7.15. The van der Waals surface area contributed by atoms with Gasteiger partial charge in [-0.3, -0.25) is 0 Å². The predicted octanol–water partition coefficient (Wildman–Crippen LogP) is 3.35. The van der Waals surface area contributed by atoms with Crippen molar-refractivity contribution in [3.63, 3.8) is 0 Å². The van der Waals surface area contributed by atoms with Gasteiger partial charge in [0.1, 0.15) is 5.00 Å². The van der Waals surface area contributed by atoms with Crippen LogP contribution < -0.4 is 5.73 Å². The Morgan fingerprint density at radius 1 is 1.19 bits per heavy atom. The van der Waals surface area contributed by atoms with Crippen LogP contribution in [0.1, 0.15) is 21.8 Å². The minimum atomic E-state index is 0. The highest BCUT2D eigenvalue weighted by molar-refractivity contribution is 7.15. The lowest BCUT2D eigenvalue weighted by atomic mass is 10.1.